The van der Waals surface area contributed by atoms with E-state index in [2.05, 4.69) is 15.2 Å². The average Bonchev–Trinajstić information content (AvgIpc) is 3.26. The van der Waals surface area contributed by atoms with E-state index in [1.165, 1.54) is 0 Å². The number of carbonyl (C=O) groups excluding carboxylic acids is 1. The van der Waals surface area contributed by atoms with Crippen LogP contribution in [0.25, 0.3) is 0 Å². The Kier molecular flexibility index (Phi) is 7.28. The number of nitrogens with zero attached hydrogens (tertiary/aromatic N) is 2. The number of methoxy groups -OCH3 is 2. The number of hydrogen-bond donors (Lipinski definition) is 1. The van der Waals surface area contributed by atoms with Crippen LogP contribution in [0.3, 0.4) is 0 Å². The second-order valence-corrected chi connectivity index (χ2v) is 8.01. The van der Waals surface area contributed by atoms with Gasteiger partial charge in [0, 0.05) is 36.7 Å². The summed E-state index contributed by atoms with van der Waals surface area (Å²) in [5, 5.41) is 6.17. The SMILES string of the molecule is CCC(=O)N[C@H](c1nccs1)[C@H]1CCCN(Cc2cc(OC)ccc2OC)C1. The van der Waals surface area contributed by atoms with Gasteiger partial charge in [-0.15, -0.1) is 11.3 Å². The predicted octanol–water partition coefficient (Wildman–Crippen LogP) is 3.64. The van der Waals surface area contributed by atoms with Crippen LogP contribution < -0.4 is 14.8 Å². The molecule has 1 aromatic heterocycles. The number of likely N-dealkylation sites (tertiary alicyclic amines) is 1. The van der Waals surface area contributed by atoms with Gasteiger partial charge in [-0.05, 0) is 43.5 Å². The van der Waals surface area contributed by atoms with Gasteiger partial charge in [0.25, 0.3) is 0 Å². The molecule has 0 spiro atoms. The molecule has 3 rings (SSSR count). The summed E-state index contributed by atoms with van der Waals surface area (Å²) in [5.41, 5.74) is 1.12. The van der Waals surface area contributed by atoms with Crippen LogP contribution in [-0.2, 0) is 11.3 Å². The molecule has 0 aliphatic carbocycles. The molecule has 152 valence electrons. The van der Waals surface area contributed by atoms with E-state index in [0.29, 0.717) is 12.3 Å². The molecule has 6 nitrogen and oxygen atoms in total. The van der Waals surface area contributed by atoms with Crippen molar-refractivity contribution in [2.45, 2.75) is 38.8 Å². The van der Waals surface area contributed by atoms with Crippen LogP contribution in [0.2, 0.25) is 0 Å². The smallest absolute Gasteiger partial charge is 0.220 e. The molecule has 28 heavy (non-hydrogen) atoms. The molecule has 1 fully saturated rings. The van der Waals surface area contributed by atoms with Crippen LogP contribution >= 0.6 is 11.3 Å². The van der Waals surface area contributed by atoms with Crippen LogP contribution in [0.15, 0.2) is 29.8 Å². The van der Waals surface area contributed by atoms with Crippen molar-refractivity contribution in [3.8, 4) is 11.5 Å². The van der Waals surface area contributed by atoms with Gasteiger partial charge in [-0.1, -0.05) is 6.92 Å². The fraction of sp³-hybridized carbons (Fsp3) is 0.524. The number of aromatic nitrogens is 1. The minimum atomic E-state index is -0.0255. The number of ether oxygens (including phenoxy) is 2. The second kappa shape index (κ2) is 9.89. The number of amides is 1. The molecule has 1 aliphatic rings. The Labute approximate surface area is 170 Å². The summed E-state index contributed by atoms with van der Waals surface area (Å²) in [6.07, 6.45) is 4.48. The van der Waals surface area contributed by atoms with E-state index in [-0.39, 0.29) is 11.9 Å². The maximum atomic E-state index is 12.1. The maximum Gasteiger partial charge on any atom is 0.220 e. The van der Waals surface area contributed by atoms with Crippen LogP contribution in [-0.4, -0.2) is 43.1 Å². The summed E-state index contributed by atoms with van der Waals surface area (Å²) in [6, 6.07) is 5.89. The number of hydrogen-bond acceptors (Lipinski definition) is 6. The Morgan fingerprint density at radius 3 is 2.93 bits per heavy atom. The Balaban J connectivity index is 1.74. The van der Waals surface area contributed by atoms with E-state index >= 15 is 0 Å². The standard InChI is InChI=1S/C21H29N3O3S/c1-4-19(25)23-20(21-22-9-11-28-21)15-6-5-10-24(13-15)14-16-12-17(26-2)7-8-18(16)27-3/h7-9,11-12,15,20H,4-6,10,13-14H2,1-3H3,(H,23,25)/t15-,20-/m0/s1. The van der Waals surface area contributed by atoms with Crippen molar-refractivity contribution in [3.05, 3.63) is 40.3 Å². The molecule has 2 heterocycles. The molecule has 1 amide bonds. The summed E-state index contributed by atoms with van der Waals surface area (Å²) in [5.74, 6) is 2.12. The van der Waals surface area contributed by atoms with E-state index in [0.717, 1.165) is 54.5 Å². The Morgan fingerprint density at radius 1 is 1.39 bits per heavy atom. The Bertz CT molecular complexity index is 766. The van der Waals surface area contributed by atoms with Gasteiger partial charge in [-0.3, -0.25) is 9.69 Å². The minimum Gasteiger partial charge on any atom is -0.497 e. The first-order chi connectivity index (χ1) is 13.6. The molecule has 0 unspecified atom stereocenters. The molecular weight excluding hydrogens is 374 g/mol. The van der Waals surface area contributed by atoms with Crippen molar-refractivity contribution in [1.82, 2.24) is 15.2 Å². The molecule has 2 atom stereocenters. The highest BCUT2D eigenvalue weighted by Gasteiger charge is 2.31. The lowest BCUT2D eigenvalue weighted by Gasteiger charge is -2.36. The highest BCUT2D eigenvalue weighted by atomic mass is 32.1. The van der Waals surface area contributed by atoms with Gasteiger partial charge >= 0.3 is 0 Å². The maximum absolute atomic E-state index is 12.1. The highest BCUT2D eigenvalue weighted by molar-refractivity contribution is 7.09. The third-order valence-electron chi connectivity index (χ3n) is 5.25. The summed E-state index contributed by atoms with van der Waals surface area (Å²) in [7, 11) is 3.38. The van der Waals surface area contributed by atoms with E-state index in [9.17, 15) is 4.79 Å². The van der Waals surface area contributed by atoms with E-state index in [1.54, 1.807) is 25.6 Å². The van der Waals surface area contributed by atoms with Crippen LogP contribution in [0.1, 0.15) is 42.8 Å². The van der Waals surface area contributed by atoms with Crippen molar-refractivity contribution >= 4 is 17.2 Å². The first-order valence-corrected chi connectivity index (χ1v) is 10.6. The topological polar surface area (TPSA) is 63.7 Å². The minimum absolute atomic E-state index is 0.0255. The molecule has 1 N–H and O–H groups in total. The van der Waals surface area contributed by atoms with Crippen LogP contribution in [0, 0.1) is 5.92 Å². The van der Waals surface area contributed by atoms with Crippen molar-refractivity contribution in [1.29, 1.82) is 0 Å². The van der Waals surface area contributed by atoms with Gasteiger partial charge in [-0.2, -0.15) is 0 Å². The normalized spacial score (nSPS) is 18.5. The molecule has 0 saturated carbocycles. The van der Waals surface area contributed by atoms with Gasteiger partial charge in [-0.25, -0.2) is 4.98 Å². The number of carbonyl (C=O) groups is 1. The summed E-state index contributed by atoms with van der Waals surface area (Å²) in [4.78, 5) is 19.0. The first-order valence-electron chi connectivity index (χ1n) is 9.76. The van der Waals surface area contributed by atoms with Crippen LogP contribution in [0.5, 0.6) is 11.5 Å². The van der Waals surface area contributed by atoms with Crippen molar-refractivity contribution < 1.29 is 14.3 Å². The highest BCUT2D eigenvalue weighted by Crippen LogP contribution is 2.33. The lowest BCUT2D eigenvalue weighted by molar-refractivity contribution is -0.122. The molecule has 2 aromatic rings. The number of rotatable bonds is 8. The van der Waals surface area contributed by atoms with Gasteiger partial charge < -0.3 is 14.8 Å². The van der Waals surface area contributed by atoms with Gasteiger partial charge in [0.1, 0.15) is 16.5 Å². The lowest BCUT2D eigenvalue weighted by atomic mass is 9.90. The van der Waals surface area contributed by atoms with Crippen molar-refractivity contribution in [2.24, 2.45) is 5.92 Å². The molecule has 0 bridgehead atoms. The summed E-state index contributed by atoms with van der Waals surface area (Å²) >= 11 is 1.61. The molecule has 1 aromatic carbocycles. The third-order valence-corrected chi connectivity index (χ3v) is 6.11. The van der Waals surface area contributed by atoms with E-state index in [1.807, 2.05) is 36.7 Å². The van der Waals surface area contributed by atoms with E-state index in [4.69, 9.17) is 9.47 Å². The Morgan fingerprint density at radius 2 is 2.25 bits per heavy atom. The third kappa shape index (κ3) is 5.02. The predicted molar refractivity (Wildman–Crippen MR) is 111 cm³/mol. The summed E-state index contributed by atoms with van der Waals surface area (Å²) in [6.45, 7) is 4.62. The molecule has 7 heteroatoms. The molecular formula is C21H29N3O3S. The average molecular weight is 404 g/mol. The number of piperidine rings is 1. The zero-order chi connectivity index (χ0) is 19.9. The van der Waals surface area contributed by atoms with Crippen molar-refractivity contribution in [3.63, 3.8) is 0 Å². The van der Waals surface area contributed by atoms with E-state index < -0.39 is 0 Å². The zero-order valence-electron chi connectivity index (χ0n) is 16.8. The van der Waals surface area contributed by atoms with Gasteiger partial charge in [0.05, 0.1) is 20.3 Å². The summed E-state index contributed by atoms with van der Waals surface area (Å²) < 4.78 is 10.9. The quantitative estimate of drug-likeness (QED) is 0.729. The zero-order valence-corrected chi connectivity index (χ0v) is 17.6. The fourth-order valence-electron chi connectivity index (χ4n) is 3.80. The number of thiazole rings is 1. The fourth-order valence-corrected chi connectivity index (χ4v) is 4.58. The molecule has 1 saturated heterocycles. The monoisotopic (exact) mass is 403 g/mol. The van der Waals surface area contributed by atoms with Gasteiger partial charge in [0.15, 0.2) is 0 Å². The Hall–Kier alpha value is -2.12. The van der Waals surface area contributed by atoms with Crippen LogP contribution in [0.4, 0.5) is 0 Å². The molecule has 0 radical (unpaired) electrons. The molecule has 1 aliphatic heterocycles. The van der Waals surface area contributed by atoms with Gasteiger partial charge in [0.2, 0.25) is 5.91 Å². The lowest BCUT2D eigenvalue weighted by Crippen LogP contribution is -2.42. The number of benzene rings is 1. The number of nitrogens with one attached hydrogen (secondary N) is 1. The largest absolute Gasteiger partial charge is 0.497 e. The second-order valence-electron chi connectivity index (χ2n) is 7.08. The first kappa shape index (κ1) is 20.6. The van der Waals surface area contributed by atoms with Crippen molar-refractivity contribution in [2.75, 3.05) is 27.3 Å².